The molecule has 4 rings (SSSR count). The number of hydrogen-bond donors (Lipinski definition) is 0. The molecule has 3 nitrogen and oxygen atoms in total. The number of hydrogen-bond acceptors (Lipinski definition) is 2. The van der Waals surface area contributed by atoms with Crippen LogP contribution in [0.3, 0.4) is 0 Å². The van der Waals surface area contributed by atoms with E-state index in [1.807, 2.05) is 24.3 Å². The lowest BCUT2D eigenvalue weighted by atomic mass is 9.85. The highest BCUT2D eigenvalue weighted by atomic mass is 79.9. The Morgan fingerprint density at radius 3 is 2.14 bits per heavy atom. The van der Waals surface area contributed by atoms with E-state index in [2.05, 4.69) is 41.9 Å². The molecule has 0 spiro atoms. The number of anilines is 1. The van der Waals surface area contributed by atoms with Gasteiger partial charge in [-0.15, -0.1) is 0 Å². The maximum Gasteiger partial charge on any atom is 0.238 e. The third kappa shape index (κ3) is 1.67. The van der Waals surface area contributed by atoms with E-state index in [-0.39, 0.29) is 35.5 Å². The summed E-state index contributed by atoms with van der Waals surface area (Å²) in [5, 5.41) is 0. The first-order chi connectivity index (χ1) is 10.5. The van der Waals surface area contributed by atoms with Crippen molar-refractivity contribution in [1.82, 2.24) is 0 Å². The van der Waals surface area contributed by atoms with Gasteiger partial charge in [0.05, 0.1) is 17.5 Å². The van der Waals surface area contributed by atoms with Gasteiger partial charge in [0.15, 0.2) is 0 Å². The van der Waals surface area contributed by atoms with Gasteiger partial charge in [-0.25, -0.2) is 4.90 Å². The smallest absolute Gasteiger partial charge is 0.238 e. The van der Waals surface area contributed by atoms with Crippen LogP contribution in [0.2, 0.25) is 0 Å². The van der Waals surface area contributed by atoms with Crippen LogP contribution in [0.25, 0.3) is 0 Å². The first-order valence-corrected chi connectivity index (χ1v) is 8.29. The lowest BCUT2D eigenvalue weighted by Gasteiger charge is -2.19. The largest absolute Gasteiger partial charge is 0.274 e. The van der Waals surface area contributed by atoms with E-state index in [9.17, 15) is 9.59 Å². The molecule has 0 aromatic heterocycles. The molecule has 1 saturated carbocycles. The molecule has 2 fully saturated rings. The van der Waals surface area contributed by atoms with E-state index in [0.29, 0.717) is 5.69 Å². The molecule has 4 heteroatoms. The molecule has 4 atom stereocenters. The topological polar surface area (TPSA) is 37.4 Å². The van der Waals surface area contributed by atoms with Gasteiger partial charge in [-0.05, 0) is 32.0 Å². The van der Waals surface area contributed by atoms with Crippen LogP contribution in [-0.4, -0.2) is 11.8 Å². The Balaban J connectivity index is 1.78. The van der Waals surface area contributed by atoms with Crippen molar-refractivity contribution in [3.63, 3.8) is 0 Å². The minimum atomic E-state index is -0.216. The van der Waals surface area contributed by atoms with Gasteiger partial charge in [-0.3, -0.25) is 9.59 Å². The SMILES string of the molecule is CC(C)=C1[C@H]2C=C[C@@H]1[C@H]1C(=O)N(c3cccc(Br)c3)C(=O)[C@H]12. The number of halogens is 1. The Kier molecular flexibility index (Phi) is 2.95. The summed E-state index contributed by atoms with van der Waals surface area (Å²) in [5.74, 6) is -0.327. The van der Waals surface area contributed by atoms with Crippen molar-refractivity contribution in [3.8, 4) is 0 Å². The predicted octanol–water partition coefficient (Wildman–Crippen LogP) is 3.71. The molecule has 3 aliphatic rings. The molecule has 0 radical (unpaired) electrons. The fourth-order valence-corrected chi connectivity index (χ4v) is 4.69. The molecule has 1 saturated heterocycles. The van der Waals surface area contributed by atoms with Crippen LogP contribution in [0, 0.1) is 23.7 Å². The number of benzene rings is 1. The highest BCUT2D eigenvalue weighted by Gasteiger charge is 2.61. The van der Waals surface area contributed by atoms with Gasteiger partial charge >= 0.3 is 0 Å². The first-order valence-electron chi connectivity index (χ1n) is 7.49. The van der Waals surface area contributed by atoms with E-state index in [1.54, 1.807) is 0 Å². The van der Waals surface area contributed by atoms with Crippen molar-refractivity contribution in [1.29, 1.82) is 0 Å². The molecule has 2 aliphatic carbocycles. The van der Waals surface area contributed by atoms with E-state index in [1.165, 1.54) is 16.0 Å². The number of rotatable bonds is 1. The second kappa shape index (κ2) is 4.66. The third-order valence-electron chi connectivity index (χ3n) is 5.06. The van der Waals surface area contributed by atoms with Crippen molar-refractivity contribution >= 4 is 33.4 Å². The molecule has 22 heavy (non-hydrogen) atoms. The van der Waals surface area contributed by atoms with Crippen molar-refractivity contribution in [3.05, 3.63) is 52.0 Å². The molecule has 112 valence electrons. The Bertz CT molecular complexity index is 726. The monoisotopic (exact) mass is 357 g/mol. The zero-order valence-corrected chi connectivity index (χ0v) is 14.0. The summed E-state index contributed by atoms with van der Waals surface area (Å²) in [7, 11) is 0. The second-order valence-electron chi connectivity index (χ2n) is 6.44. The van der Waals surface area contributed by atoms with Gasteiger partial charge in [0.2, 0.25) is 11.8 Å². The van der Waals surface area contributed by atoms with Crippen molar-refractivity contribution in [2.75, 3.05) is 4.90 Å². The predicted molar refractivity (Wildman–Crippen MR) is 88.1 cm³/mol. The van der Waals surface area contributed by atoms with E-state index < -0.39 is 0 Å². The van der Waals surface area contributed by atoms with Gasteiger partial charge < -0.3 is 0 Å². The van der Waals surface area contributed by atoms with Crippen LogP contribution < -0.4 is 4.90 Å². The zero-order chi connectivity index (χ0) is 15.6. The molecular weight excluding hydrogens is 342 g/mol. The number of carbonyl (C=O) groups is 2. The Labute approximate surface area is 137 Å². The number of amides is 2. The molecule has 1 aliphatic heterocycles. The lowest BCUT2D eigenvalue weighted by Crippen LogP contribution is -2.33. The van der Waals surface area contributed by atoms with Gasteiger partial charge in [0.1, 0.15) is 0 Å². The number of carbonyl (C=O) groups excluding carboxylic acids is 2. The van der Waals surface area contributed by atoms with Crippen LogP contribution in [0.4, 0.5) is 5.69 Å². The minimum absolute atomic E-state index is 0.0521. The number of nitrogens with zero attached hydrogens (tertiary/aromatic N) is 1. The summed E-state index contributed by atoms with van der Waals surface area (Å²) in [5.41, 5.74) is 3.19. The van der Waals surface area contributed by atoms with Crippen LogP contribution in [0.15, 0.2) is 52.0 Å². The Hall–Kier alpha value is -1.68. The van der Waals surface area contributed by atoms with Crippen LogP contribution in [0.5, 0.6) is 0 Å². The maximum atomic E-state index is 12.9. The van der Waals surface area contributed by atoms with Gasteiger partial charge in [-0.2, -0.15) is 0 Å². The van der Waals surface area contributed by atoms with Crippen LogP contribution in [0.1, 0.15) is 13.8 Å². The second-order valence-corrected chi connectivity index (χ2v) is 7.35. The minimum Gasteiger partial charge on any atom is -0.274 e. The fourth-order valence-electron chi connectivity index (χ4n) is 4.30. The third-order valence-corrected chi connectivity index (χ3v) is 5.55. The fraction of sp³-hybridized carbons (Fsp3) is 0.333. The summed E-state index contributed by atoms with van der Waals surface area (Å²) >= 11 is 3.41. The molecule has 1 aromatic rings. The summed E-state index contributed by atoms with van der Waals surface area (Å²) in [6.45, 7) is 4.15. The van der Waals surface area contributed by atoms with Crippen molar-refractivity contribution in [2.45, 2.75) is 13.8 Å². The summed E-state index contributed by atoms with van der Waals surface area (Å²) in [4.78, 5) is 27.2. The lowest BCUT2D eigenvalue weighted by molar-refractivity contribution is -0.122. The highest BCUT2D eigenvalue weighted by Crippen LogP contribution is 2.57. The highest BCUT2D eigenvalue weighted by molar-refractivity contribution is 9.10. The van der Waals surface area contributed by atoms with Crippen LogP contribution in [-0.2, 0) is 9.59 Å². The van der Waals surface area contributed by atoms with Crippen molar-refractivity contribution in [2.24, 2.45) is 23.7 Å². The zero-order valence-electron chi connectivity index (χ0n) is 12.4. The Morgan fingerprint density at radius 1 is 1.05 bits per heavy atom. The van der Waals surface area contributed by atoms with E-state index >= 15 is 0 Å². The van der Waals surface area contributed by atoms with E-state index in [0.717, 1.165) is 4.47 Å². The summed E-state index contributed by atoms with van der Waals surface area (Å²) in [6.07, 6.45) is 4.23. The normalized spacial score (nSPS) is 32.1. The van der Waals surface area contributed by atoms with E-state index in [4.69, 9.17) is 0 Å². The number of fused-ring (bicyclic) bond motifs is 5. The van der Waals surface area contributed by atoms with Gasteiger partial charge in [0.25, 0.3) is 0 Å². The van der Waals surface area contributed by atoms with Gasteiger partial charge in [0, 0.05) is 16.3 Å². The Morgan fingerprint density at radius 2 is 1.64 bits per heavy atom. The maximum absolute atomic E-state index is 12.9. The molecule has 0 unspecified atom stereocenters. The summed E-state index contributed by atoms with van der Waals surface area (Å²) in [6, 6.07) is 7.39. The summed E-state index contributed by atoms with van der Waals surface area (Å²) < 4.78 is 0.869. The molecule has 1 heterocycles. The first kappa shape index (κ1) is 13.9. The standard InChI is InChI=1S/C18H16BrNO2/c1-9(2)14-12-6-7-13(14)16-15(12)17(21)20(18(16)22)11-5-3-4-10(19)8-11/h3-8,12-13,15-16H,1-2H3/t12-,13+,15+,16-. The van der Waals surface area contributed by atoms with Gasteiger partial charge in [-0.1, -0.05) is 45.3 Å². The molecular formula is C18H16BrNO2. The van der Waals surface area contributed by atoms with Crippen molar-refractivity contribution < 1.29 is 9.59 Å². The number of allylic oxidation sites excluding steroid dienone is 4. The average Bonchev–Trinajstić information content (AvgIpc) is 3.09. The number of imide groups is 1. The molecule has 0 N–H and O–H groups in total. The quantitative estimate of drug-likeness (QED) is 0.567. The molecule has 1 aromatic carbocycles. The van der Waals surface area contributed by atoms with Crippen LogP contribution >= 0.6 is 15.9 Å². The molecule has 2 bridgehead atoms. The molecule has 2 amide bonds. The average molecular weight is 358 g/mol.